The number of hydrogen-bond acceptors (Lipinski definition) is 6. The van der Waals surface area contributed by atoms with Crippen LogP contribution in [0.4, 0.5) is 0 Å². The summed E-state index contributed by atoms with van der Waals surface area (Å²) in [6.07, 6.45) is 1.75. The molecule has 0 saturated carbocycles. The minimum absolute atomic E-state index is 0.190. The van der Waals surface area contributed by atoms with Crippen LogP contribution in [-0.4, -0.2) is 50.5 Å². The minimum Gasteiger partial charge on any atom is -0.497 e. The van der Waals surface area contributed by atoms with Crippen LogP contribution in [0.25, 0.3) is 10.2 Å². The number of hydrogen-bond donors (Lipinski definition) is 0. The third-order valence-corrected chi connectivity index (χ3v) is 8.29. The lowest BCUT2D eigenvalue weighted by Gasteiger charge is -2.15. The van der Waals surface area contributed by atoms with Crippen molar-refractivity contribution in [2.45, 2.75) is 17.7 Å². The molecule has 4 rings (SSSR count). The van der Waals surface area contributed by atoms with Crippen LogP contribution in [0.3, 0.4) is 0 Å². The first-order chi connectivity index (χ1) is 14.8. The Bertz CT molecular complexity index is 1300. The molecule has 0 aliphatic carbocycles. The van der Waals surface area contributed by atoms with Crippen molar-refractivity contribution in [3.05, 3.63) is 46.8 Å². The Morgan fingerprint density at radius 1 is 1.06 bits per heavy atom. The van der Waals surface area contributed by atoms with Crippen molar-refractivity contribution in [1.29, 1.82) is 0 Å². The fourth-order valence-electron chi connectivity index (χ4n) is 3.60. The summed E-state index contributed by atoms with van der Waals surface area (Å²) in [5, 5.41) is 0. The second-order valence-electron chi connectivity index (χ2n) is 7.17. The van der Waals surface area contributed by atoms with Crippen LogP contribution in [0.1, 0.15) is 23.2 Å². The van der Waals surface area contributed by atoms with Crippen LogP contribution in [0, 0.1) is 0 Å². The third-order valence-electron chi connectivity index (χ3n) is 5.29. The molecular weight excluding hydrogens is 438 g/mol. The minimum atomic E-state index is -3.51. The summed E-state index contributed by atoms with van der Waals surface area (Å²) in [5.74, 6) is 0.829. The summed E-state index contributed by atoms with van der Waals surface area (Å²) < 4.78 is 40.2. The summed E-state index contributed by atoms with van der Waals surface area (Å²) in [6, 6.07) is 9.59. The highest BCUT2D eigenvalue weighted by molar-refractivity contribution is 7.89. The number of benzene rings is 2. The number of ether oxygens (including phenoxy) is 2. The monoisotopic (exact) mass is 461 g/mol. The Hall–Kier alpha value is -2.69. The number of thiazole rings is 1. The Morgan fingerprint density at radius 2 is 1.74 bits per heavy atom. The SMILES string of the molecule is COc1cc(OC)c2c(c1)sc(=NC(=O)c1ccc(S(=O)(=O)N3CCCC3)cc1)n2C. The summed E-state index contributed by atoms with van der Waals surface area (Å²) in [7, 11) is 1.45. The lowest BCUT2D eigenvalue weighted by Crippen LogP contribution is -2.27. The number of rotatable bonds is 5. The molecule has 1 saturated heterocycles. The van der Waals surface area contributed by atoms with Crippen LogP contribution in [-0.2, 0) is 17.1 Å². The molecule has 10 heteroatoms. The van der Waals surface area contributed by atoms with Crippen LogP contribution in [0.2, 0.25) is 0 Å². The zero-order chi connectivity index (χ0) is 22.2. The van der Waals surface area contributed by atoms with Crippen molar-refractivity contribution >= 4 is 37.5 Å². The van der Waals surface area contributed by atoms with Gasteiger partial charge in [0.2, 0.25) is 10.0 Å². The second-order valence-corrected chi connectivity index (χ2v) is 10.1. The lowest BCUT2D eigenvalue weighted by molar-refractivity contribution is 0.0998. The molecule has 1 aliphatic heterocycles. The van der Waals surface area contributed by atoms with Crippen molar-refractivity contribution in [3.8, 4) is 11.5 Å². The molecule has 0 radical (unpaired) electrons. The van der Waals surface area contributed by atoms with E-state index in [1.165, 1.54) is 39.9 Å². The van der Waals surface area contributed by atoms with Gasteiger partial charge >= 0.3 is 0 Å². The van der Waals surface area contributed by atoms with Gasteiger partial charge in [0, 0.05) is 31.8 Å². The zero-order valence-corrected chi connectivity index (χ0v) is 19.1. The number of methoxy groups -OCH3 is 2. The van der Waals surface area contributed by atoms with E-state index in [-0.39, 0.29) is 4.90 Å². The maximum atomic E-state index is 12.7. The molecule has 0 N–H and O–H groups in total. The molecule has 31 heavy (non-hydrogen) atoms. The molecule has 1 amide bonds. The molecule has 0 atom stereocenters. The first-order valence-electron chi connectivity index (χ1n) is 9.76. The van der Waals surface area contributed by atoms with Crippen molar-refractivity contribution in [3.63, 3.8) is 0 Å². The van der Waals surface area contributed by atoms with Crippen molar-refractivity contribution in [1.82, 2.24) is 8.87 Å². The van der Waals surface area contributed by atoms with Gasteiger partial charge in [-0.25, -0.2) is 8.42 Å². The van der Waals surface area contributed by atoms with Gasteiger partial charge in [-0.1, -0.05) is 11.3 Å². The van der Waals surface area contributed by atoms with Gasteiger partial charge in [-0.05, 0) is 43.2 Å². The van der Waals surface area contributed by atoms with Crippen LogP contribution in [0.5, 0.6) is 11.5 Å². The number of aromatic nitrogens is 1. The van der Waals surface area contributed by atoms with E-state index in [1.54, 1.807) is 24.9 Å². The predicted octanol–water partition coefficient (Wildman–Crippen LogP) is 2.78. The predicted molar refractivity (Wildman–Crippen MR) is 118 cm³/mol. The van der Waals surface area contributed by atoms with Gasteiger partial charge in [0.15, 0.2) is 4.80 Å². The molecule has 2 heterocycles. The highest BCUT2D eigenvalue weighted by Crippen LogP contribution is 2.32. The Morgan fingerprint density at radius 3 is 2.35 bits per heavy atom. The van der Waals surface area contributed by atoms with Gasteiger partial charge in [0.25, 0.3) is 5.91 Å². The molecule has 8 nitrogen and oxygen atoms in total. The van der Waals surface area contributed by atoms with Gasteiger partial charge in [0.05, 0.1) is 23.8 Å². The highest BCUT2D eigenvalue weighted by atomic mass is 32.2. The second kappa shape index (κ2) is 8.45. The molecule has 0 unspecified atom stereocenters. The van der Waals surface area contributed by atoms with E-state index < -0.39 is 15.9 Å². The molecule has 1 aromatic heterocycles. The highest BCUT2D eigenvalue weighted by Gasteiger charge is 2.27. The van der Waals surface area contributed by atoms with E-state index in [0.717, 1.165) is 23.1 Å². The Kier molecular flexibility index (Phi) is 5.87. The molecule has 1 fully saturated rings. The Labute approximate surface area is 184 Å². The maximum absolute atomic E-state index is 12.7. The van der Waals surface area contributed by atoms with Gasteiger partial charge in [0.1, 0.15) is 17.0 Å². The van der Waals surface area contributed by atoms with E-state index in [4.69, 9.17) is 9.47 Å². The number of aryl methyl sites for hydroxylation is 1. The first kappa shape index (κ1) is 21.5. The van der Waals surface area contributed by atoms with Gasteiger partial charge in [-0.2, -0.15) is 9.30 Å². The normalized spacial score (nSPS) is 15.5. The van der Waals surface area contributed by atoms with E-state index in [1.807, 2.05) is 13.1 Å². The van der Waals surface area contributed by atoms with E-state index in [9.17, 15) is 13.2 Å². The smallest absolute Gasteiger partial charge is 0.279 e. The number of sulfonamides is 1. The number of fused-ring (bicyclic) bond motifs is 1. The number of amides is 1. The topological polar surface area (TPSA) is 90.2 Å². The summed E-state index contributed by atoms with van der Waals surface area (Å²) >= 11 is 1.34. The summed E-state index contributed by atoms with van der Waals surface area (Å²) in [5.41, 5.74) is 1.13. The molecule has 1 aliphatic rings. The van der Waals surface area contributed by atoms with Gasteiger partial charge in [-0.3, -0.25) is 4.79 Å². The quantitative estimate of drug-likeness (QED) is 0.583. The summed E-state index contributed by atoms with van der Waals surface area (Å²) in [4.78, 5) is 17.7. The van der Waals surface area contributed by atoms with E-state index in [0.29, 0.717) is 35.0 Å². The van der Waals surface area contributed by atoms with Crippen LogP contribution in [0.15, 0.2) is 46.3 Å². The average Bonchev–Trinajstić information content (AvgIpc) is 3.42. The van der Waals surface area contributed by atoms with Crippen LogP contribution >= 0.6 is 11.3 Å². The molecule has 164 valence electrons. The number of carbonyl (C=O) groups is 1. The van der Waals surface area contributed by atoms with Crippen LogP contribution < -0.4 is 14.3 Å². The van der Waals surface area contributed by atoms with E-state index >= 15 is 0 Å². The van der Waals surface area contributed by atoms with E-state index in [2.05, 4.69) is 4.99 Å². The largest absolute Gasteiger partial charge is 0.497 e. The first-order valence-corrected chi connectivity index (χ1v) is 12.0. The Balaban J connectivity index is 1.67. The lowest BCUT2D eigenvalue weighted by atomic mass is 10.2. The fourth-order valence-corrected chi connectivity index (χ4v) is 6.18. The molecule has 3 aromatic rings. The third kappa shape index (κ3) is 3.98. The average molecular weight is 462 g/mol. The van der Waals surface area contributed by atoms with Crippen molar-refractivity contribution in [2.75, 3.05) is 27.3 Å². The molecular formula is C21H23N3O5S2. The van der Waals surface area contributed by atoms with Crippen molar-refractivity contribution < 1.29 is 22.7 Å². The van der Waals surface area contributed by atoms with Gasteiger partial charge in [-0.15, -0.1) is 0 Å². The maximum Gasteiger partial charge on any atom is 0.279 e. The number of carbonyl (C=O) groups excluding carboxylic acids is 1. The van der Waals surface area contributed by atoms with Crippen molar-refractivity contribution in [2.24, 2.45) is 12.0 Å². The fraction of sp³-hybridized carbons (Fsp3) is 0.333. The molecule has 2 aromatic carbocycles. The molecule has 0 bridgehead atoms. The standard InChI is InChI=1S/C21H23N3O5S2/c1-23-19-17(29-3)12-15(28-2)13-18(19)30-21(23)22-20(25)14-6-8-16(9-7-14)31(26,27)24-10-4-5-11-24/h6-9,12-13H,4-5,10-11H2,1-3H3. The number of nitrogens with zero attached hydrogens (tertiary/aromatic N) is 3. The molecule has 0 spiro atoms. The zero-order valence-electron chi connectivity index (χ0n) is 17.5. The summed E-state index contributed by atoms with van der Waals surface area (Å²) in [6.45, 7) is 1.07. The van der Waals surface area contributed by atoms with Gasteiger partial charge < -0.3 is 14.0 Å².